The van der Waals surface area contributed by atoms with Crippen molar-refractivity contribution in [2.75, 3.05) is 14.2 Å². The van der Waals surface area contributed by atoms with Gasteiger partial charge in [-0.05, 0) is 32.0 Å². The minimum absolute atomic E-state index is 0.165. The minimum Gasteiger partial charge on any atom is -0.497 e. The standard InChI is InChI=1S/C16H20N4O5/c1-10(14-7-13(24-3)5-6-15(14)25-4)18-16(21)11(2)19-9-12(8-17-19)20(22)23/h5-11H,1-4H3,(H,18,21)/t10-,11-/m1/s1. The fourth-order valence-corrected chi connectivity index (χ4v) is 2.34. The lowest BCUT2D eigenvalue weighted by Crippen LogP contribution is -2.33. The Balaban J connectivity index is 2.14. The van der Waals surface area contributed by atoms with Gasteiger partial charge in [0.15, 0.2) is 0 Å². The number of carbonyl (C=O) groups is 1. The molecule has 1 N–H and O–H groups in total. The van der Waals surface area contributed by atoms with E-state index in [1.54, 1.807) is 39.3 Å². The molecule has 0 spiro atoms. The molecule has 0 fully saturated rings. The molecule has 0 radical (unpaired) electrons. The molecule has 1 amide bonds. The van der Waals surface area contributed by atoms with Gasteiger partial charge < -0.3 is 14.8 Å². The number of nitrogens with one attached hydrogen (secondary N) is 1. The van der Waals surface area contributed by atoms with Gasteiger partial charge in [-0.2, -0.15) is 5.10 Å². The van der Waals surface area contributed by atoms with E-state index in [0.29, 0.717) is 11.5 Å². The molecule has 0 aliphatic heterocycles. The number of methoxy groups -OCH3 is 2. The van der Waals surface area contributed by atoms with Crippen LogP contribution in [0.2, 0.25) is 0 Å². The first-order valence-corrected chi connectivity index (χ1v) is 7.58. The molecule has 1 aromatic heterocycles. The molecular weight excluding hydrogens is 328 g/mol. The van der Waals surface area contributed by atoms with Crippen LogP contribution in [-0.2, 0) is 4.79 Å². The summed E-state index contributed by atoms with van der Waals surface area (Å²) in [4.78, 5) is 22.6. The Hall–Kier alpha value is -3.10. The van der Waals surface area contributed by atoms with E-state index < -0.39 is 11.0 Å². The van der Waals surface area contributed by atoms with Crippen LogP contribution in [0, 0.1) is 10.1 Å². The van der Waals surface area contributed by atoms with Gasteiger partial charge in [0.1, 0.15) is 29.9 Å². The van der Waals surface area contributed by atoms with Crippen molar-refractivity contribution >= 4 is 11.6 Å². The first kappa shape index (κ1) is 18.2. The summed E-state index contributed by atoms with van der Waals surface area (Å²) in [5, 5.41) is 17.4. The maximum absolute atomic E-state index is 12.4. The summed E-state index contributed by atoms with van der Waals surface area (Å²) in [5.74, 6) is 0.944. The van der Waals surface area contributed by atoms with E-state index in [0.717, 1.165) is 11.8 Å². The largest absolute Gasteiger partial charge is 0.497 e. The summed E-state index contributed by atoms with van der Waals surface area (Å²) >= 11 is 0. The fraction of sp³-hybridized carbons (Fsp3) is 0.375. The van der Waals surface area contributed by atoms with E-state index >= 15 is 0 Å². The smallest absolute Gasteiger partial charge is 0.307 e. The number of benzene rings is 1. The van der Waals surface area contributed by atoms with Crippen molar-refractivity contribution in [3.8, 4) is 11.5 Å². The van der Waals surface area contributed by atoms with Crippen LogP contribution >= 0.6 is 0 Å². The summed E-state index contributed by atoms with van der Waals surface area (Å²) in [6.07, 6.45) is 2.33. The zero-order chi connectivity index (χ0) is 18.6. The predicted molar refractivity (Wildman–Crippen MR) is 89.7 cm³/mol. The van der Waals surface area contributed by atoms with Gasteiger partial charge in [-0.15, -0.1) is 0 Å². The molecule has 9 nitrogen and oxygen atoms in total. The second kappa shape index (κ2) is 7.65. The lowest BCUT2D eigenvalue weighted by Gasteiger charge is -2.20. The topological polar surface area (TPSA) is 109 Å². The number of nitro groups is 1. The van der Waals surface area contributed by atoms with Crippen LogP contribution in [0.3, 0.4) is 0 Å². The van der Waals surface area contributed by atoms with E-state index in [2.05, 4.69) is 10.4 Å². The summed E-state index contributed by atoms with van der Waals surface area (Å²) in [5.41, 5.74) is 0.594. The second-order valence-electron chi connectivity index (χ2n) is 5.45. The molecule has 0 aliphatic rings. The first-order valence-electron chi connectivity index (χ1n) is 7.58. The van der Waals surface area contributed by atoms with Crippen LogP contribution in [0.15, 0.2) is 30.6 Å². The second-order valence-corrected chi connectivity index (χ2v) is 5.45. The van der Waals surface area contributed by atoms with Gasteiger partial charge in [0.2, 0.25) is 5.91 Å². The van der Waals surface area contributed by atoms with Crippen LogP contribution in [0.5, 0.6) is 11.5 Å². The first-order chi connectivity index (χ1) is 11.9. The van der Waals surface area contributed by atoms with Crippen LogP contribution in [0.1, 0.15) is 31.5 Å². The van der Waals surface area contributed by atoms with Gasteiger partial charge in [-0.1, -0.05) is 0 Å². The molecule has 0 saturated carbocycles. The maximum atomic E-state index is 12.4. The fourth-order valence-electron chi connectivity index (χ4n) is 2.34. The highest BCUT2D eigenvalue weighted by molar-refractivity contribution is 5.80. The number of carbonyl (C=O) groups excluding carboxylic acids is 1. The highest BCUT2D eigenvalue weighted by Crippen LogP contribution is 2.29. The Kier molecular flexibility index (Phi) is 5.58. The number of ether oxygens (including phenoxy) is 2. The molecule has 0 bridgehead atoms. The summed E-state index contributed by atoms with van der Waals surface area (Å²) in [7, 11) is 3.10. The third-order valence-electron chi connectivity index (χ3n) is 3.84. The third kappa shape index (κ3) is 4.06. The number of amides is 1. The average molecular weight is 348 g/mol. The molecule has 2 rings (SSSR count). The lowest BCUT2D eigenvalue weighted by atomic mass is 10.1. The van der Waals surface area contributed by atoms with E-state index in [4.69, 9.17) is 9.47 Å². The molecule has 9 heteroatoms. The van der Waals surface area contributed by atoms with Crippen molar-refractivity contribution in [2.24, 2.45) is 0 Å². The van der Waals surface area contributed by atoms with E-state index in [1.165, 1.54) is 10.9 Å². The Morgan fingerprint density at radius 3 is 2.60 bits per heavy atom. The highest BCUT2D eigenvalue weighted by atomic mass is 16.6. The molecule has 1 heterocycles. The van der Waals surface area contributed by atoms with Gasteiger partial charge in [-0.25, -0.2) is 0 Å². The highest BCUT2D eigenvalue weighted by Gasteiger charge is 2.22. The van der Waals surface area contributed by atoms with Crippen molar-refractivity contribution < 1.29 is 19.2 Å². The zero-order valence-electron chi connectivity index (χ0n) is 14.4. The predicted octanol–water partition coefficient (Wildman–Crippen LogP) is 2.25. The number of hydrogen-bond acceptors (Lipinski definition) is 6. The maximum Gasteiger partial charge on any atom is 0.307 e. The van der Waals surface area contributed by atoms with E-state index in [1.807, 2.05) is 6.92 Å². The molecule has 0 unspecified atom stereocenters. The Morgan fingerprint density at radius 2 is 2.04 bits per heavy atom. The quantitative estimate of drug-likeness (QED) is 0.607. The molecule has 25 heavy (non-hydrogen) atoms. The molecule has 134 valence electrons. The van der Waals surface area contributed by atoms with Crippen LogP contribution < -0.4 is 14.8 Å². The molecule has 0 aliphatic carbocycles. The third-order valence-corrected chi connectivity index (χ3v) is 3.84. The van der Waals surface area contributed by atoms with Crippen molar-refractivity contribution in [1.82, 2.24) is 15.1 Å². The minimum atomic E-state index is -0.701. The number of nitrogens with zero attached hydrogens (tertiary/aromatic N) is 3. The normalized spacial score (nSPS) is 13.0. The van der Waals surface area contributed by atoms with Crippen molar-refractivity contribution in [3.05, 3.63) is 46.3 Å². The molecule has 1 aromatic carbocycles. The SMILES string of the molecule is COc1ccc(OC)c([C@@H](C)NC(=O)[C@@H](C)n2cc([N+](=O)[O-])cn2)c1. The van der Waals surface area contributed by atoms with Crippen LogP contribution in [0.4, 0.5) is 5.69 Å². The van der Waals surface area contributed by atoms with Crippen molar-refractivity contribution in [2.45, 2.75) is 25.9 Å². The number of rotatable bonds is 7. The monoisotopic (exact) mass is 348 g/mol. The van der Waals surface area contributed by atoms with E-state index in [9.17, 15) is 14.9 Å². The summed E-state index contributed by atoms with van der Waals surface area (Å²) in [6, 6.07) is 4.26. The lowest BCUT2D eigenvalue weighted by molar-refractivity contribution is -0.385. The number of aromatic nitrogens is 2. The summed E-state index contributed by atoms with van der Waals surface area (Å²) in [6.45, 7) is 3.43. The van der Waals surface area contributed by atoms with Gasteiger partial charge in [-0.3, -0.25) is 19.6 Å². The Morgan fingerprint density at radius 1 is 1.32 bits per heavy atom. The molecular formula is C16H20N4O5. The van der Waals surface area contributed by atoms with Crippen LogP contribution in [0.25, 0.3) is 0 Å². The number of hydrogen-bond donors (Lipinski definition) is 1. The Labute approximate surface area is 144 Å². The summed E-state index contributed by atoms with van der Waals surface area (Å²) < 4.78 is 11.8. The van der Waals surface area contributed by atoms with Gasteiger partial charge in [0.05, 0.1) is 25.2 Å². The zero-order valence-corrected chi connectivity index (χ0v) is 14.4. The van der Waals surface area contributed by atoms with Crippen molar-refractivity contribution in [1.29, 1.82) is 0 Å². The van der Waals surface area contributed by atoms with Crippen molar-refractivity contribution in [3.63, 3.8) is 0 Å². The van der Waals surface area contributed by atoms with Crippen LogP contribution in [-0.4, -0.2) is 34.8 Å². The van der Waals surface area contributed by atoms with Gasteiger partial charge >= 0.3 is 5.69 Å². The van der Waals surface area contributed by atoms with Gasteiger partial charge in [0.25, 0.3) is 0 Å². The molecule has 0 saturated heterocycles. The van der Waals surface area contributed by atoms with E-state index in [-0.39, 0.29) is 17.6 Å². The molecule has 2 atom stereocenters. The molecule has 2 aromatic rings. The van der Waals surface area contributed by atoms with Gasteiger partial charge in [0, 0.05) is 5.56 Å². The average Bonchev–Trinajstić information content (AvgIpc) is 3.10. The Bertz CT molecular complexity index is 774.